The average Bonchev–Trinajstić information content (AvgIpc) is 2.72. The number of alkyl halides is 1. The van der Waals surface area contributed by atoms with Crippen LogP contribution in [0, 0.1) is 5.92 Å². The maximum absolute atomic E-state index is 4.58. The summed E-state index contributed by atoms with van der Waals surface area (Å²) in [5.74, 6) is 0.759. The third kappa shape index (κ3) is 3.08. The number of hydrogen-bond donors (Lipinski definition) is 0. The highest BCUT2D eigenvalue weighted by Gasteiger charge is 2.09. The van der Waals surface area contributed by atoms with Gasteiger partial charge in [0.15, 0.2) is 4.96 Å². The fourth-order valence-corrected chi connectivity index (χ4v) is 3.53. The van der Waals surface area contributed by atoms with Crippen LogP contribution < -0.4 is 0 Å². The molecule has 0 aliphatic carbocycles. The first-order valence-electron chi connectivity index (χ1n) is 5.70. The van der Waals surface area contributed by atoms with Crippen LogP contribution in [0.2, 0.25) is 0 Å². The van der Waals surface area contributed by atoms with Crippen molar-refractivity contribution in [2.24, 2.45) is 5.92 Å². The Bertz CT molecular complexity index is 418. The van der Waals surface area contributed by atoms with Crippen LogP contribution in [-0.4, -0.2) is 14.2 Å². The Kier molecular flexibility index (Phi) is 4.03. The van der Waals surface area contributed by atoms with Gasteiger partial charge in [-0.15, -0.1) is 11.3 Å². The number of imidazole rings is 1. The molecule has 2 nitrogen and oxygen atoms in total. The number of thiazole rings is 1. The monoisotopic (exact) mass is 300 g/mol. The average molecular weight is 301 g/mol. The number of nitrogens with zero attached hydrogens (tertiary/aromatic N) is 2. The number of fused-ring (bicyclic) bond motifs is 1. The molecule has 1 atom stereocenters. The third-order valence-electron chi connectivity index (χ3n) is 2.58. The molecular weight excluding hydrogens is 284 g/mol. The minimum atomic E-state index is 0.618. The zero-order chi connectivity index (χ0) is 11.5. The maximum Gasteiger partial charge on any atom is 0.193 e. The lowest BCUT2D eigenvalue weighted by Gasteiger charge is -2.10. The van der Waals surface area contributed by atoms with Gasteiger partial charge < -0.3 is 0 Å². The quantitative estimate of drug-likeness (QED) is 0.759. The van der Waals surface area contributed by atoms with Crippen molar-refractivity contribution in [3.8, 4) is 0 Å². The third-order valence-corrected chi connectivity index (χ3v) is 4.19. The van der Waals surface area contributed by atoms with Gasteiger partial charge in [0.05, 0.1) is 5.69 Å². The van der Waals surface area contributed by atoms with E-state index in [1.165, 1.54) is 18.5 Å². The Morgan fingerprint density at radius 3 is 3.00 bits per heavy atom. The highest BCUT2D eigenvalue weighted by atomic mass is 79.9. The molecule has 2 heterocycles. The van der Waals surface area contributed by atoms with Gasteiger partial charge in [-0.2, -0.15) is 0 Å². The Balaban J connectivity index is 1.88. The molecule has 16 heavy (non-hydrogen) atoms. The lowest BCUT2D eigenvalue weighted by molar-refractivity contribution is 0.553. The van der Waals surface area contributed by atoms with Crippen LogP contribution in [-0.2, 0) is 6.42 Å². The largest absolute Gasteiger partial charge is 0.297 e. The van der Waals surface area contributed by atoms with Crippen molar-refractivity contribution in [2.75, 3.05) is 0 Å². The maximum atomic E-state index is 4.58. The van der Waals surface area contributed by atoms with E-state index < -0.39 is 0 Å². The Labute approximate surface area is 109 Å². The molecule has 0 fully saturated rings. The van der Waals surface area contributed by atoms with Gasteiger partial charge in [-0.3, -0.25) is 4.40 Å². The Hall–Kier alpha value is -0.350. The fourth-order valence-electron chi connectivity index (χ4n) is 1.83. The predicted molar refractivity (Wildman–Crippen MR) is 73.6 cm³/mol. The molecule has 0 aliphatic rings. The van der Waals surface area contributed by atoms with E-state index >= 15 is 0 Å². The van der Waals surface area contributed by atoms with Gasteiger partial charge in [0.1, 0.15) is 0 Å². The second-order valence-corrected chi connectivity index (χ2v) is 6.76. The first-order valence-corrected chi connectivity index (χ1v) is 7.50. The van der Waals surface area contributed by atoms with Crippen LogP contribution in [0.1, 0.15) is 32.4 Å². The molecule has 0 aliphatic heterocycles. The van der Waals surface area contributed by atoms with Crippen LogP contribution in [0.5, 0.6) is 0 Å². The summed E-state index contributed by atoms with van der Waals surface area (Å²) in [5.41, 5.74) is 1.21. The molecule has 1 unspecified atom stereocenters. The van der Waals surface area contributed by atoms with Crippen LogP contribution in [0.15, 0.2) is 17.8 Å². The van der Waals surface area contributed by atoms with Gasteiger partial charge in [0.25, 0.3) is 0 Å². The summed E-state index contributed by atoms with van der Waals surface area (Å²) >= 11 is 5.43. The van der Waals surface area contributed by atoms with E-state index in [9.17, 15) is 0 Å². The highest BCUT2D eigenvalue weighted by Crippen LogP contribution is 2.19. The van der Waals surface area contributed by atoms with E-state index in [0.29, 0.717) is 4.83 Å². The molecule has 0 saturated carbocycles. The molecular formula is C12H17BrN2S. The molecule has 0 amide bonds. The summed E-state index contributed by atoms with van der Waals surface area (Å²) in [6.07, 6.45) is 7.68. The van der Waals surface area contributed by atoms with Gasteiger partial charge in [0.2, 0.25) is 0 Å². The molecule has 0 spiro atoms. The van der Waals surface area contributed by atoms with Crippen molar-refractivity contribution in [1.82, 2.24) is 9.38 Å². The number of hydrogen-bond acceptors (Lipinski definition) is 2. The van der Waals surface area contributed by atoms with Crippen molar-refractivity contribution in [2.45, 2.75) is 37.9 Å². The summed E-state index contributed by atoms with van der Waals surface area (Å²) in [6.45, 7) is 4.53. The molecule has 0 bridgehead atoms. The molecule has 0 N–H and O–H groups in total. The second-order valence-electron chi connectivity index (χ2n) is 4.59. The first kappa shape index (κ1) is 12.1. The van der Waals surface area contributed by atoms with Crippen molar-refractivity contribution >= 4 is 32.2 Å². The Morgan fingerprint density at radius 2 is 2.31 bits per heavy atom. The zero-order valence-corrected chi connectivity index (χ0v) is 12.1. The van der Waals surface area contributed by atoms with Crippen molar-refractivity contribution < 1.29 is 0 Å². The molecule has 0 radical (unpaired) electrons. The zero-order valence-electron chi connectivity index (χ0n) is 9.69. The van der Waals surface area contributed by atoms with Gasteiger partial charge >= 0.3 is 0 Å². The predicted octanol–water partition coefficient (Wildman–Crippen LogP) is 4.14. The molecule has 2 aromatic rings. The van der Waals surface area contributed by atoms with Crippen LogP contribution >= 0.6 is 27.3 Å². The van der Waals surface area contributed by atoms with Gasteiger partial charge in [-0.05, 0) is 25.2 Å². The lowest BCUT2D eigenvalue weighted by Crippen LogP contribution is -2.04. The van der Waals surface area contributed by atoms with E-state index in [2.05, 4.69) is 56.9 Å². The number of aromatic nitrogens is 2. The number of aryl methyl sites for hydroxylation is 1. The second kappa shape index (κ2) is 5.32. The summed E-state index contributed by atoms with van der Waals surface area (Å²) in [6, 6.07) is 0. The van der Waals surface area contributed by atoms with Crippen LogP contribution in [0.4, 0.5) is 0 Å². The Morgan fingerprint density at radius 1 is 1.50 bits per heavy atom. The molecule has 4 heteroatoms. The van der Waals surface area contributed by atoms with Crippen molar-refractivity contribution in [1.29, 1.82) is 0 Å². The van der Waals surface area contributed by atoms with Crippen LogP contribution in [0.25, 0.3) is 4.96 Å². The van der Waals surface area contributed by atoms with Gasteiger partial charge in [-0.1, -0.05) is 29.8 Å². The molecule has 2 rings (SSSR count). The summed E-state index contributed by atoms with van der Waals surface area (Å²) < 4.78 is 2.10. The number of rotatable bonds is 5. The van der Waals surface area contributed by atoms with Crippen LogP contribution in [0.3, 0.4) is 0 Å². The molecule has 0 saturated heterocycles. The standard InChI is InChI=1S/C12H17BrN2S/c1-9(2)7-10(13)3-4-11-8-15-5-6-16-12(15)14-11/h5-6,8-10H,3-4,7H2,1-2H3. The highest BCUT2D eigenvalue weighted by molar-refractivity contribution is 9.09. The smallest absolute Gasteiger partial charge is 0.193 e. The lowest BCUT2D eigenvalue weighted by atomic mass is 10.0. The van der Waals surface area contributed by atoms with E-state index in [-0.39, 0.29) is 0 Å². The normalized spacial score (nSPS) is 13.8. The van der Waals surface area contributed by atoms with Crippen molar-refractivity contribution in [3.63, 3.8) is 0 Å². The van der Waals surface area contributed by atoms with E-state index in [4.69, 9.17) is 0 Å². The van der Waals surface area contributed by atoms with E-state index in [1.54, 1.807) is 11.3 Å². The molecule has 0 aromatic carbocycles. The minimum Gasteiger partial charge on any atom is -0.297 e. The summed E-state index contributed by atoms with van der Waals surface area (Å²) in [5, 5.41) is 2.07. The number of halogens is 1. The van der Waals surface area contributed by atoms with E-state index in [0.717, 1.165) is 17.3 Å². The van der Waals surface area contributed by atoms with Gasteiger partial charge in [-0.25, -0.2) is 4.98 Å². The van der Waals surface area contributed by atoms with E-state index in [1.807, 2.05) is 0 Å². The molecule has 2 aromatic heterocycles. The van der Waals surface area contributed by atoms with Crippen molar-refractivity contribution in [3.05, 3.63) is 23.5 Å². The minimum absolute atomic E-state index is 0.618. The first-order chi connectivity index (χ1) is 7.65. The molecule has 88 valence electrons. The fraction of sp³-hybridized carbons (Fsp3) is 0.583. The van der Waals surface area contributed by atoms with Gasteiger partial charge in [0, 0.05) is 22.6 Å². The summed E-state index contributed by atoms with van der Waals surface area (Å²) in [7, 11) is 0. The summed E-state index contributed by atoms with van der Waals surface area (Å²) in [4.78, 5) is 6.30. The SMILES string of the molecule is CC(C)CC(Br)CCc1cn2ccsc2n1. The topological polar surface area (TPSA) is 17.3 Å².